The molecule has 1 aliphatic heterocycles. The van der Waals surface area contributed by atoms with Crippen LogP contribution in [-0.2, 0) is 9.53 Å². The Kier molecular flexibility index (Phi) is 7.77. The molecule has 0 bridgehead atoms. The van der Waals surface area contributed by atoms with E-state index in [-0.39, 0.29) is 6.61 Å². The molecule has 0 radical (unpaired) electrons. The molecule has 0 amide bonds. The van der Waals surface area contributed by atoms with Gasteiger partial charge in [0.1, 0.15) is 18.6 Å². The van der Waals surface area contributed by atoms with Crippen molar-refractivity contribution < 1.29 is 14.6 Å². The summed E-state index contributed by atoms with van der Waals surface area (Å²) in [4.78, 5) is 17.2. The van der Waals surface area contributed by atoms with Gasteiger partial charge in [-0.25, -0.2) is 0 Å². The fourth-order valence-corrected chi connectivity index (χ4v) is 2.24. The summed E-state index contributed by atoms with van der Waals surface area (Å²) >= 11 is 11.4. The van der Waals surface area contributed by atoms with E-state index in [0.29, 0.717) is 43.6 Å². The molecule has 0 saturated carbocycles. The fraction of sp³-hybridized carbons (Fsp3) is 0.818. The first-order chi connectivity index (χ1) is 8.72. The highest BCUT2D eigenvalue weighted by molar-refractivity contribution is 6.18. The van der Waals surface area contributed by atoms with Gasteiger partial charge in [0, 0.05) is 31.3 Å². The van der Waals surface area contributed by atoms with Crippen LogP contribution in [0.25, 0.3) is 0 Å². The molecule has 0 aromatic rings. The maximum atomic E-state index is 11.3. The third-order valence-corrected chi connectivity index (χ3v) is 3.03. The second-order valence-corrected chi connectivity index (χ2v) is 4.69. The number of rotatable bonds is 7. The van der Waals surface area contributed by atoms with Crippen molar-refractivity contribution in [2.45, 2.75) is 18.7 Å². The topological polar surface area (TPSA) is 62.1 Å². The Morgan fingerprint density at radius 1 is 1.50 bits per heavy atom. The third kappa shape index (κ3) is 4.82. The first-order valence-corrected chi connectivity index (χ1v) is 6.93. The smallest absolute Gasteiger partial charge is 0.147 e. The zero-order valence-electron chi connectivity index (χ0n) is 10.1. The summed E-state index contributed by atoms with van der Waals surface area (Å²) in [5.41, 5.74) is 0.533. The zero-order chi connectivity index (χ0) is 13.4. The summed E-state index contributed by atoms with van der Waals surface area (Å²) in [6, 6.07) is -0.532. The average molecular weight is 297 g/mol. The van der Waals surface area contributed by atoms with Crippen LogP contribution in [0, 0.1) is 0 Å². The maximum absolute atomic E-state index is 11.3. The molecule has 0 aromatic heterocycles. The Labute approximate surface area is 117 Å². The molecule has 0 aromatic carbocycles. The van der Waals surface area contributed by atoms with Crippen molar-refractivity contribution in [2.75, 3.05) is 38.1 Å². The van der Waals surface area contributed by atoms with E-state index in [0.717, 1.165) is 6.29 Å². The summed E-state index contributed by atoms with van der Waals surface area (Å²) in [6.45, 7) is 1.76. The lowest BCUT2D eigenvalue weighted by Crippen LogP contribution is -2.46. The van der Waals surface area contributed by atoms with Crippen molar-refractivity contribution >= 4 is 35.2 Å². The van der Waals surface area contributed by atoms with E-state index >= 15 is 0 Å². The van der Waals surface area contributed by atoms with E-state index in [1.807, 2.05) is 4.90 Å². The lowest BCUT2D eigenvalue weighted by molar-refractivity contribution is -0.110. The predicted octanol–water partition coefficient (Wildman–Crippen LogP) is 0.513. The Morgan fingerprint density at radius 2 is 2.17 bits per heavy atom. The van der Waals surface area contributed by atoms with Crippen molar-refractivity contribution in [3.63, 3.8) is 0 Å². The predicted molar refractivity (Wildman–Crippen MR) is 71.7 cm³/mol. The Hall–Kier alpha value is -0.200. The quantitative estimate of drug-likeness (QED) is 0.549. The van der Waals surface area contributed by atoms with Crippen LogP contribution in [0.5, 0.6) is 0 Å². The van der Waals surface area contributed by atoms with Crippen LogP contribution in [-0.4, -0.2) is 72.3 Å². The van der Waals surface area contributed by atoms with Crippen LogP contribution in [0.1, 0.15) is 6.42 Å². The van der Waals surface area contributed by atoms with Gasteiger partial charge >= 0.3 is 0 Å². The number of alkyl halides is 2. The lowest BCUT2D eigenvalue weighted by Gasteiger charge is -2.27. The van der Waals surface area contributed by atoms with Crippen LogP contribution in [0.4, 0.5) is 0 Å². The van der Waals surface area contributed by atoms with E-state index in [9.17, 15) is 9.90 Å². The number of hydrogen-bond acceptors (Lipinski definition) is 5. The van der Waals surface area contributed by atoms with Gasteiger partial charge in [-0.2, -0.15) is 0 Å². The molecule has 0 saturated heterocycles. The fourth-order valence-electron chi connectivity index (χ4n) is 1.80. The van der Waals surface area contributed by atoms with Crippen LogP contribution in [0.3, 0.4) is 0 Å². The van der Waals surface area contributed by atoms with E-state index in [1.54, 1.807) is 0 Å². The second-order valence-electron chi connectivity index (χ2n) is 3.94. The van der Waals surface area contributed by atoms with Crippen LogP contribution in [0.15, 0.2) is 4.99 Å². The zero-order valence-corrected chi connectivity index (χ0v) is 11.6. The molecular formula is C11H18Cl2N2O3. The van der Waals surface area contributed by atoms with Crippen molar-refractivity contribution in [2.24, 2.45) is 4.99 Å². The monoisotopic (exact) mass is 296 g/mol. The average Bonchev–Trinajstić information content (AvgIpc) is 2.56. The summed E-state index contributed by atoms with van der Waals surface area (Å²) < 4.78 is 5.32. The van der Waals surface area contributed by atoms with E-state index in [1.165, 1.54) is 0 Å². The van der Waals surface area contributed by atoms with Gasteiger partial charge in [0.15, 0.2) is 0 Å². The number of aliphatic imine (C=N–C) groups is 1. The summed E-state index contributed by atoms with van der Waals surface area (Å²) in [6.07, 6.45) is 0.429. The number of aliphatic hydroxyl groups excluding tert-OH is 1. The van der Waals surface area contributed by atoms with E-state index < -0.39 is 12.3 Å². The van der Waals surface area contributed by atoms with Gasteiger partial charge < -0.3 is 14.6 Å². The number of hydrogen-bond donors (Lipinski definition) is 1. The lowest BCUT2D eigenvalue weighted by atomic mass is 10.1. The van der Waals surface area contributed by atoms with E-state index in [2.05, 4.69) is 4.99 Å². The number of aliphatic hydroxyl groups is 1. The number of carbonyl (C=O) groups excluding carboxylic acids is 1. The first kappa shape index (κ1) is 15.9. The van der Waals surface area contributed by atoms with Crippen LogP contribution >= 0.6 is 23.2 Å². The molecule has 1 aliphatic rings. The molecule has 2 atom stereocenters. The van der Waals surface area contributed by atoms with Gasteiger partial charge in [0.25, 0.3) is 0 Å². The van der Waals surface area contributed by atoms with Crippen molar-refractivity contribution in [1.29, 1.82) is 0 Å². The molecule has 1 heterocycles. The first-order valence-electron chi connectivity index (χ1n) is 5.86. The van der Waals surface area contributed by atoms with Gasteiger partial charge in [0.2, 0.25) is 0 Å². The van der Waals surface area contributed by atoms with Gasteiger partial charge in [0.05, 0.1) is 18.9 Å². The molecular weight excluding hydrogens is 279 g/mol. The maximum Gasteiger partial charge on any atom is 0.147 e. The highest BCUT2D eigenvalue weighted by atomic mass is 35.5. The summed E-state index contributed by atoms with van der Waals surface area (Å²) in [5, 5.41) is 9.59. The third-order valence-electron chi connectivity index (χ3n) is 2.69. The highest BCUT2D eigenvalue weighted by Crippen LogP contribution is 2.08. The highest BCUT2D eigenvalue weighted by Gasteiger charge is 2.25. The van der Waals surface area contributed by atoms with Crippen LogP contribution < -0.4 is 0 Å². The molecule has 104 valence electrons. The Bertz CT molecular complexity index is 283. The molecule has 0 spiro atoms. The van der Waals surface area contributed by atoms with E-state index in [4.69, 9.17) is 27.9 Å². The van der Waals surface area contributed by atoms with Gasteiger partial charge in [-0.15, -0.1) is 23.2 Å². The molecule has 5 nitrogen and oxygen atoms in total. The molecule has 1 N–H and O–H groups in total. The molecule has 0 fully saturated rings. The summed E-state index contributed by atoms with van der Waals surface area (Å²) in [5.74, 6) is 0.801. The number of aldehydes is 1. The SMILES string of the molecule is O=CC(C1=NC(O)CCOC1)N(CCCl)CCCl. The van der Waals surface area contributed by atoms with Crippen molar-refractivity contribution in [3.05, 3.63) is 0 Å². The van der Waals surface area contributed by atoms with Gasteiger partial charge in [-0.3, -0.25) is 9.89 Å². The normalized spacial score (nSPS) is 22.4. The molecule has 7 heteroatoms. The Morgan fingerprint density at radius 3 is 2.72 bits per heavy atom. The van der Waals surface area contributed by atoms with Crippen molar-refractivity contribution in [1.82, 2.24) is 4.90 Å². The summed E-state index contributed by atoms with van der Waals surface area (Å²) in [7, 11) is 0. The number of halogens is 2. The number of ether oxygens (including phenoxy) is 1. The second kappa shape index (κ2) is 8.82. The standard InChI is InChI=1S/C11H18Cl2N2O3/c12-2-4-15(5-3-13)10(7-16)9-8-18-6-1-11(17)14-9/h7,10-11,17H,1-6,8H2. The van der Waals surface area contributed by atoms with Crippen molar-refractivity contribution in [3.8, 4) is 0 Å². The number of nitrogens with zero attached hydrogens (tertiary/aromatic N) is 2. The minimum absolute atomic E-state index is 0.252. The van der Waals surface area contributed by atoms with Gasteiger partial charge in [-0.1, -0.05) is 0 Å². The molecule has 18 heavy (non-hydrogen) atoms. The molecule has 0 aliphatic carbocycles. The van der Waals surface area contributed by atoms with Crippen LogP contribution in [0.2, 0.25) is 0 Å². The van der Waals surface area contributed by atoms with Gasteiger partial charge in [-0.05, 0) is 0 Å². The molecule has 2 unspecified atom stereocenters. The minimum atomic E-state index is -0.807. The molecule has 1 rings (SSSR count). The largest absolute Gasteiger partial charge is 0.375 e. The number of carbonyl (C=O) groups is 1. The minimum Gasteiger partial charge on any atom is -0.375 e. The Balaban J connectivity index is 2.80.